The average Bonchev–Trinajstić information content (AvgIpc) is 3.24. The molecule has 0 atom stereocenters. The molecule has 8 nitrogen and oxygen atoms in total. The van der Waals surface area contributed by atoms with Crippen LogP contribution in [0.4, 0.5) is 10.1 Å². The van der Waals surface area contributed by atoms with Crippen LogP contribution < -0.4 is 10.3 Å². The Hall–Kier alpha value is -4.01. The number of halogens is 1. The minimum absolute atomic E-state index is 0.176. The molecule has 0 bridgehead atoms. The van der Waals surface area contributed by atoms with Gasteiger partial charge in [0.2, 0.25) is 0 Å². The zero-order chi connectivity index (χ0) is 24.4. The van der Waals surface area contributed by atoms with Crippen molar-refractivity contribution in [3.63, 3.8) is 0 Å². The van der Waals surface area contributed by atoms with Crippen molar-refractivity contribution >= 4 is 23.2 Å². The number of hydrazone groups is 1. The van der Waals surface area contributed by atoms with E-state index in [0.717, 1.165) is 23.3 Å². The van der Waals surface area contributed by atoms with Crippen LogP contribution in [0.25, 0.3) is 0 Å². The minimum Gasteiger partial charge on any atom is -0.455 e. The molecular formula is C26H26FN5O3. The number of anilines is 1. The second kappa shape index (κ2) is 9.69. The molecule has 180 valence electrons. The maximum Gasteiger partial charge on any atom is 0.289 e. The normalized spacial score (nSPS) is 16.8. The highest BCUT2D eigenvalue weighted by Gasteiger charge is 2.32. The van der Waals surface area contributed by atoms with Crippen molar-refractivity contribution in [1.82, 2.24) is 15.3 Å². The standard InChI is InChI=1S/C26H26FN5O3/c1-17-23-20(29-30-25(33)18-9-11-28-12-10-18)6-4-8-22(23)35-24(17)26(34)32-15-13-31(14-16-32)21-7-3-2-5-19(21)27/h2-3,5,7,9-12H,4,6,8,13-16H2,1H3,(H,30,33)/b29-20+. The summed E-state index contributed by atoms with van der Waals surface area (Å²) in [5.74, 6) is 0.274. The molecule has 1 fully saturated rings. The summed E-state index contributed by atoms with van der Waals surface area (Å²) in [5, 5.41) is 4.37. The Bertz CT molecular complexity index is 1280. The topological polar surface area (TPSA) is 91.0 Å². The van der Waals surface area contributed by atoms with Crippen LogP contribution in [0.5, 0.6) is 0 Å². The van der Waals surface area contributed by atoms with E-state index < -0.39 is 0 Å². The Labute approximate surface area is 202 Å². The van der Waals surface area contributed by atoms with Crippen molar-refractivity contribution in [3.05, 3.63) is 82.8 Å². The summed E-state index contributed by atoms with van der Waals surface area (Å²) >= 11 is 0. The number of aromatic nitrogens is 1. The van der Waals surface area contributed by atoms with Crippen molar-refractivity contribution in [2.24, 2.45) is 5.10 Å². The van der Waals surface area contributed by atoms with Crippen molar-refractivity contribution in [3.8, 4) is 0 Å². The molecule has 1 N–H and O–H groups in total. The van der Waals surface area contributed by atoms with Crippen molar-refractivity contribution in [2.75, 3.05) is 31.1 Å². The van der Waals surface area contributed by atoms with Gasteiger partial charge >= 0.3 is 0 Å². The van der Waals surface area contributed by atoms with E-state index in [2.05, 4.69) is 15.5 Å². The third-order valence-electron chi connectivity index (χ3n) is 6.51. The van der Waals surface area contributed by atoms with E-state index in [0.29, 0.717) is 61.7 Å². The zero-order valence-electron chi connectivity index (χ0n) is 19.5. The lowest BCUT2D eigenvalue weighted by Crippen LogP contribution is -2.49. The summed E-state index contributed by atoms with van der Waals surface area (Å²) in [6, 6.07) is 9.92. The lowest BCUT2D eigenvalue weighted by molar-refractivity contribution is 0.0711. The lowest BCUT2D eigenvalue weighted by atomic mass is 9.93. The highest BCUT2D eigenvalue weighted by Crippen LogP contribution is 2.31. The summed E-state index contributed by atoms with van der Waals surface area (Å²) in [4.78, 5) is 33.3. The van der Waals surface area contributed by atoms with E-state index in [1.807, 2.05) is 17.9 Å². The van der Waals surface area contributed by atoms with Gasteiger partial charge in [-0.25, -0.2) is 9.82 Å². The SMILES string of the molecule is Cc1c(C(=O)N2CCN(c3ccccc3F)CC2)oc2c1/C(=N/NC(=O)c1ccncc1)CCC2. The van der Waals surface area contributed by atoms with Crippen LogP contribution in [0.1, 0.15) is 50.6 Å². The van der Waals surface area contributed by atoms with Crippen molar-refractivity contribution in [1.29, 1.82) is 0 Å². The van der Waals surface area contributed by atoms with Gasteiger partial charge in [0.25, 0.3) is 11.8 Å². The van der Waals surface area contributed by atoms with Crippen LogP contribution in [0.3, 0.4) is 0 Å². The molecule has 0 radical (unpaired) electrons. The van der Waals surface area contributed by atoms with Gasteiger partial charge in [0.15, 0.2) is 5.76 Å². The number of nitrogens with one attached hydrogen (secondary N) is 1. The van der Waals surface area contributed by atoms with Gasteiger partial charge in [-0.3, -0.25) is 14.6 Å². The molecule has 0 saturated carbocycles. The Balaban J connectivity index is 1.31. The number of fused-ring (bicyclic) bond motifs is 1. The van der Waals surface area contributed by atoms with Crippen LogP contribution in [0, 0.1) is 12.7 Å². The fourth-order valence-electron chi connectivity index (χ4n) is 4.67. The van der Waals surface area contributed by atoms with E-state index in [1.54, 1.807) is 41.6 Å². The smallest absolute Gasteiger partial charge is 0.289 e. The van der Waals surface area contributed by atoms with Gasteiger partial charge in [0.05, 0.1) is 11.4 Å². The number of pyridine rings is 1. The van der Waals surface area contributed by atoms with E-state index in [1.165, 1.54) is 6.07 Å². The third kappa shape index (κ3) is 4.53. The van der Waals surface area contributed by atoms with E-state index in [4.69, 9.17) is 4.42 Å². The maximum absolute atomic E-state index is 14.1. The third-order valence-corrected chi connectivity index (χ3v) is 6.51. The van der Waals surface area contributed by atoms with E-state index in [9.17, 15) is 14.0 Å². The highest BCUT2D eigenvalue weighted by molar-refractivity contribution is 6.07. The molecule has 2 aromatic heterocycles. The zero-order valence-corrected chi connectivity index (χ0v) is 19.5. The molecule has 2 aliphatic rings. The minimum atomic E-state index is -0.322. The summed E-state index contributed by atoms with van der Waals surface area (Å²) in [5.41, 5.74) is 5.88. The first-order valence-electron chi connectivity index (χ1n) is 11.7. The van der Waals surface area contributed by atoms with E-state index in [-0.39, 0.29) is 17.6 Å². The number of benzene rings is 1. The number of rotatable bonds is 4. The molecule has 1 aromatic carbocycles. The molecule has 0 spiro atoms. The molecule has 9 heteroatoms. The van der Waals surface area contributed by atoms with Crippen molar-refractivity contribution < 1.29 is 18.4 Å². The summed E-state index contributed by atoms with van der Waals surface area (Å²) in [6.45, 7) is 3.89. The number of nitrogens with zero attached hydrogens (tertiary/aromatic N) is 4. The average molecular weight is 476 g/mol. The van der Waals surface area contributed by atoms with Gasteiger partial charge in [-0.05, 0) is 44.0 Å². The number of para-hydroxylation sites is 1. The van der Waals surface area contributed by atoms with Crippen LogP contribution in [-0.2, 0) is 6.42 Å². The largest absolute Gasteiger partial charge is 0.455 e. The molecule has 2 amide bonds. The molecule has 1 aliphatic heterocycles. The first kappa shape index (κ1) is 22.8. The number of hydrogen-bond acceptors (Lipinski definition) is 6. The molecule has 5 rings (SSSR count). The maximum atomic E-state index is 14.1. The lowest BCUT2D eigenvalue weighted by Gasteiger charge is -2.35. The van der Waals surface area contributed by atoms with Gasteiger partial charge in [-0.1, -0.05) is 12.1 Å². The van der Waals surface area contributed by atoms with Crippen LogP contribution in [-0.4, -0.2) is 53.6 Å². The number of aryl methyl sites for hydroxylation is 1. The number of piperazine rings is 1. The molecule has 0 unspecified atom stereocenters. The van der Waals surface area contributed by atoms with E-state index >= 15 is 0 Å². The first-order chi connectivity index (χ1) is 17.0. The predicted molar refractivity (Wildman–Crippen MR) is 129 cm³/mol. The number of carbonyl (C=O) groups excluding carboxylic acids is 2. The monoisotopic (exact) mass is 475 g/mol. The molecule has 1 aliphatic carbocycles. The fourth-order valence-corrected chi connectivity index (χ4v) is 4.67. The van der Waals surface area contributed by atoms with Crippen LogP contribution in [0.2, 0.25) is 0 Å². The number of hydrogen-bond donors (Lipinski definition) is 1. The van der Waals surface area contributed by atoms with Gasteiger partial charge in [-0.2, -0.15) is 5.10 Å². The Morgan fingerprint density at radius 1 is 1.06 bits per heavy atom. The first-order valence-corrected chi connectivity index (χ1v) is 11.7. The molecule has 3 heterocycles. The highest BCUT2D eigenvalue weighted by atomic mass is 19.1. The Kier molecular flexibility index (Phi) is 6.31. The Morgan fingerprint density at radius 2 is 1.80 bits per heavy atom. The molecule has 3 aromatic rings. The summed E-state index contributed by atoms with van der Waals surface area (Å²) in [6.07, 6.45) is 5.31. The predicted octanol–water partition coefficient (Wildman–Crippen LogP) is 3.55. The fraction of sp³-hybridized carbons (Fsp3) is 0.308. The number of amides is 2. The van der Waals surface area contributed by atoms with Gasteiger partial charge in [-0.15, -0.1) is 0 Å². The van der Waals surface area contributed by atoms with Crippen LogP contribution >= 0.6 is 0 Å². The second-order valence-corrected chi connectivity index (χ2v) is 8.67. The molecular weight excluding hydrogens is 449 g/mol. The van der Waals surface area contributed by atoms with Gasteiger partial charge in [0, 0.05) is 61.7 Å². The quantitative estimate of drug-likeness (QED) is 0.583. The van der Waals surface area contributed by atoms with Crippen LogP contribution in [0.15, 0.2) is 58.3 Å². The van der Waals surface area contributed by atoms with Gasteiger partial charge < -0.3 is 14.2 Å². The number of furan rings is 1. The molecule has 1 saturated heterocycles. The Morgan fingerprint density at radius 3 is 2.54 bits per heavy atom. The number of carbonyl (C=O) groups is 2. The molecule has 35 heavy (non-hydrogen) atoms. The van der Waals surface area contributed by atoms with Crippen molar-refractivity contribution in [2.45, 2.75) is 26.2 Å². The summed E-state index contributed by atoms with van der Waals surface area (Å²) < 4.78 is 20.2. The summed E-state index contributed by atoms with van der Waals surface area (Å²) in [7, 11) is 0. The second-order valence-electron chi connectivity index (χ2n) is 8.67. The van der Waals surface area contributed by atoms with Gasteiger partial charge in [0.1, 0.15) is 11.6 Å².